The van der Waals surface area contributed by atoms with E-state index in [-0.39, 0.29) is 17.0 Å². The van der Waals surface area contributed by atoms with Crippen molar-refractivity contribution in [1.82, 2.24) is 4.98 Å². The molecule has 0 spiro atoms. The number of aromatic nitrogens is 1. The van der Waals surface area contributed by atoms with E-state index in [9.17, 15) is 10.1 Å². The number of nitrogens with zero attached hydrogens (tertiary/aromatic N) is 1. The lowest BCUT2D eigenvalue weighted by atomic mass is 9.84. The Bertz CT molecular complexity index is 1320. The average Bonchev–Trinajstić information content (AvgIpc) is 2.78. The fourth-order valence-electron chi connectivity index (χ4n) is 3.77. The Morgan fingerprint density at radius 3 is 2.61 bits per heavy atom. The Kier molecular flexibility index (Phi) is 6.29. The summed E-state index contributed by atoms with van der Waals surface area (Å²) in [5, 5.41) is 10.4. The zero-order valence-electron chi connectivity index (χ0n) is 18.1. The SMILES string of the molecule is CCOc1cc(C2C(C#N)=C(N)Oc3cc(C)[nH]c(=O)c32)ccc1OCc1ccc(Cl)cc1. The summed E-state index contributed by atoms with van der Waals surface area (Å²) < 4.78 is 17.4. The lowest BCUT2D eigenvalue weighted by Crippen LogP contribution is -2.28. The lowest BCUT2D eigenvalue weighted by molar-refractivity contribution is 0.269. The summed E-state index contributed by atoms with van der Waals surface area (Å²) in [6.07, 6.45) is 0. The van der Waals surface area contributed by atoms with Crippen LogP contribution in [0.1, 0.15) is 35.2 Å². The minimum Gasteiger partial charge on any atom is -0.490 e. The van der Waals surface area contributed by atoms with Gasteiger partial charge in [-0.25, -0.2) is 0 Å². The van der Waals surface area contributed by atoms with Gasteiger partial charge in [-0.3, -0.25) is 4.79 Å². The average molecular weight is 464 g/mol. The summed E-state index contributed by atoms with van der Waals surface area (Å²) in [4.78, 5) is 15.6. The molecule has 168 valence electrons. The molecule has 0 fully saturated rings. The quantitative estimate of drug-likeness (QED) is 0.555. The van der Waals surface area contributed by atoms with Crippen LogP contribution in [0.5, 0.6) is 17.2 Å². The van der Waals surface area contributed by atoms with E-state index >= 15 is 0 Å². The van der Waals surface area contributed by atoms with Crippen LogP contribution >= 0.6 is 11.6 Å². The van der Waals surface area contributed by atoms with E-state index in [1.807, 2.05) is 19.1 Å². The molecule has 0 saturated heterocycles. The van der Waals surface area contributed by atoms with E-state index in [1.54, 1.807) is 43.3 Å². The third-order valence-corrected chi connectivity index (χ3v) is 5.51. The van der Waals surface area contributed by atoms with Crippen LogP contribution in [0.3, 0.4) is 0 Å². The maximum atomic E-state index is 12.8. The third-order valence-electron chi connectivity index (χ3n) is 5.26. The van der Waals surface area contributed by atoms with Gasteiger partial charge in [0.1, 0.15) is 24.0 Å². The number of nitrogens with two attached hydrogens (primary N) is 1. The number of allylic oxidation sites excluding steroid dienone is 1. The number of fused-ring (bicyclic) bond motifs is 1. The molecule has 2 aromatic carbocycles. The van der Waals surface area contributed by atoms with Crippen LogP contribution in [-0.2, 0) is 6.61 Å². The van der Waals surface area contributed by atoms with Crippen molar-refractivity contribution in [2.24, 2.45) is 5.73 Å². The van der Waals surface area contributed by atoms with Gasteiger partial charge >= 0.3 is 0 Å². The predicted molar refractivity (Wildman–Crippen MR) is 124 cm³/mol. The fraction of sp³-hybridized carbons (Fsp3) is 0.200. The number of ether oxygens (including phenoxy) is 3. The van der Waals surface area contributed by atoms with Gasteiger partial charge in [0.05, 0.1) is 18.1 Å². The minimum atomic E-state index is -0.701. The number of rotatable bonds is 6. The number of aromatic amines is 1. The molecule has 1 aliphatic rings. The Morgan fingerprint density at radius 1 is 1.15 bits per heavy atom. The summed E-state index contributed by atoms with van der Waals surface area (Å²) in [6, 6.07) is 16.5. The van der Waals surface area contributed by atoms with E-state index in [1.165, 1.54) is 0 Å². The van der Waals surface area contributed by atoms with Crippen molar-refractivity contribution >= 4 is 11.6 Å². The predicted octanol–water partition coefficient (Wildman–Crippen LogP) is 4.53. The van der Waals surface area contributed by atoms with Crippen LogP contribution in [0.15, 0.2) is 64.8 Å². The van der Waals surface area contributed by atoms with Gasteiger partial charge in [0.25, 0.3) is 5.56 Å². The summed E-state index contributed by atoms with van der Waals surface area (Å²) in [6.45, 7) is 4.35. The number of nitriles is 1. The van der Waals surface area contributed by atoms with Crippen molar-refractivity contribution in [3.8, 4) is 23.3 Å². The molecule has 1 unspecified atom stereocenters. The number of halogens is 1. The molecule has 7 nitrogen and oxygen atoms in total. The molecule has 0 saturated carbocycles. The number of aryl methyl sites for hydroxylation is 1. The van der Waals surface area contributed by atoms with Crippen LogP contribution < -0.4 is 25.5 Å². The zero-order chi connectivity index (χ0) is 23.5. The maximum Gasteiger partial charge on any atom is 0.256 e. The molecule has 33 heavy (non-hydrogen) atoms. The van der Waals surface area contributed by atoms with Crippen LogP contribution in [0.25, 0.3) is 0 Å². The second kappa shape index (κ2) is 9.31. The molecule has 2 heterocycles. The zero-order valence-corrected chi connectivity index (χ0v) is 18.9. The molecule has 3 N–H and O–H groups in total. The first-order valence-electron chi connectivity index (χ1n) is 10.4. The highest BCUT2D eigenvalue weighted by molar-refractivity contribution is 6.30. The van der Waals surface area contributed by atoms with Crippen LogP contribution in [0.4, 0.5) is 0 Å². The van der Waals surface area contributed by atoms with Gasteiger partial charge in [0, 0.05) is 16.8 Å². The van der Waals surface area contributed by atoms with Crippen molar-refractivity contribution in [1.29, 1.82) is 5.26 Å². The first kappa shape index (κ1) is 22.3. The fourth-order valence-corrected chi connectivity index (χ4v) is 3.90. The number of pyridine rings is 1. The Labute approximate surface area is 196 Å². The summed E-state index contributed by atoms with van der Waals surface area (Å²) >= 11 is 5.95. The molecule has 0 bridgehead atoms. The van der Waals surface area contributed by atoms with Crippen LogP contribution in [0, 0.1) is 18.3 Å². The molecule has 4 rings (SSSR count). The summed E-state index contributed by atoms with van der Waals surface area (Å²) in [7, 11) is 0. The Balaban J connectivity index is 1.74. The molecule has 1 atom stereocenters. The molecule has 8 heteroatoms. The molecule has 3 aromatic rings. The minimum absolute atomic E-state index is 0.0268. The Morgan fingerprint density at radius 2 is 1.91 bits per heavy atom. The number of nitrogens with one attached hydrogen (secondary N) is 1. The van der Waals surface area contributed by atoms with Gasteiger partial charge in [-0.05, 0) is 49.2 Å². The number of hydrogen-bond acceptors (Lipinski definition) is 6. The van der Waals surface area contributed by atoms with Gasteiger partial charge < -0.3 is 24.9 Å². The van der Waals surface area contributed by atoms with E-state index in [2.05, 4.69) is 11.1 Å². The summed E-state index contributed by atoms with van der Waals surface area (Å²) in [5.74, 6) is 0.639. The monoisotopic (exact) mass is 463 g/mol. The van der Waals surface area contributed by atoms with E-state index < -0.39 is 5.92 Å². The van der Waals surface area contributed by atoms with E-state index in [4.69, 9.17) is 31.5 Å². The van der Waals surface area contributed by atoms with Gasteiger partial charge in [-0.2, -0.15) is 5.26 Å². The molecule has 0 amide bonds. The second-order valence-electron chi connectivity index (χ2n) is 7.54. The normalized spacial score (nSPS) is 14.8. The highest BCUT2D eigenvalue weighted by Gasteiger charge is 2.34. The first-order valence-corrected chi connectivity index (χ1v) is 10.7. The molecular weight excluding hydrogens is 442 g/mol. The highest BCUT2D eigenvalue weighted by Crippen LogP contribution is 2.42. The molecule has 1 aliphatic heterocycles. The molecule has 0 radical (unpaired) electrons. The summed E-state index contributed by atoms with van der Waals surface area (Å²) in [5.41, 5.74) is 8.43. The van der Waals surface area contributed by atoms with Crippen molar-refractivity contribution in [2.75, 3.05) is 6.61 Å². The standard InChI is InChI=1S/C25H22ClN3O4/c1-3-31-20-11-16(6-9-19(20)32-13-15-4-7-17(26)8-5-15)22-18(12-27)24(28)33-21-10-14(2)29-25(30)23(21)22/h4-11,22H,3,13,28H2,1-2H3,(H,29,30). The van der Waals surface area contributed by atoms with Crippen molar-refractivity contribution in [2.45, 2.75) is 26.4 Å². The van der Waals surface area contributed by atoms with E-state index in [0.29, 0.717) is 52.3 Å². The van der Waals surface area contributed by atoms with Gasteiger partial charge in [-0.1, -0.05) is 29.8 Å². The van der Waals surface area contributed by atoms with Crippen molar-refractivity contribution < 1.29 is 14.2 Å². The van der Waals surface area contributed by atoms with Crippen molar-refractivity contribution in [3.05, 3.63) is 97.7 Å². The smallest absolute Gasteiger partial charge is 0.256 e. The Hall–Kier alpha value is -3.89. The van der Waals surface area contributed by atoms with Crippen molar-refractivity contribution in [3.63, 3.8) is 0 Å². The topological polar surface area (TPSA) is 110 Å². The molecule has 0 aliphatic carbocycles. The number of H-pyrrole nitrogens is 1. The largest absolute Gasteiger partial charge is 0.490 e. The van der Waals surface area contributed by atoms with Crippen LogP contribution in [0.2, 0.25) is 5.02 Å². The first-order chi connectivity index (χ1) is 15.9. The number of benzene rings is 2. The van der Waals surface area contributed by atoms with Gasteiger partial charge in [-0.15, -0.1) is 0 Å². The van der Waals surface area contributed by atoms with Gasteiger partial charge in [0.2, 0.25) is 5.88 Å². The molecule has 1 aromatic heterocycles. The second-order valence-corrected chi connectivity index (χ2v) is 7.97. The van der Waals surface area contributed by atoms with Crippen LogP contribution in [-0.4, -0.2) is 11.6 Å². The molecular formula is C25H22ClN3O4. The lowest BCUT2D eigenvalue weighted by Gasteiger charge is -2.26. The van der Waals surface area contributed by atoms with Gasteiger partial charge in [0.15, 0.2) is 11.5 Å². The third kappa shape index (κ3) is 4.52. The maximum absolute atomic E-state index is 12.8. The number of hydrogen-bond donors (Lipinski definition) is 2. The van der Waals surface area contributed by atoms with E-state index in [0.717, 1.165) is 5.56 Å². The highest BCUT2D eigenvalue weighted by atomic mass is 35.5.